The van der Waals surface area contributed by atoms with Crippen LogP contribution in [0.2, 0.25) is 0 Å². The molecule has 1 aromatic rings. The van der Waals surface area contributed by atoms with Crippen molar-refractivity contribution in [3.63, 3.8) is 0 Å². The molecule has 0 unspecified atom stereocenters. The first-order valence-electron chi connectivity index (χ1n) is 5.49. The van der Waals surface area contributed by atoms with Crippen molar-refractivity contribution in [2.45, 2.75) is 39.5 Å². The lowest BCUT2D eigenvalue weighted by Gasteiger charge is -1.95. The van der Waals surface area contributed by atoms with Gasteiger partial charge in [0.15, 0.2) is 0 Å². The molecule has 0 N–H and O–H groups in total. The highest BCUT2D eigenvalue weighted by molar-refractivity contribution is 5.36. The topological polar surface area (TPSA) is 0 Å². The highest BCUT2D eigenvalue weighted by atomic mass is 19.1. The summed E-state index contributed by atoms with van der Waals surface area (Å²) < 4.78 is 13.1. The van der Waals surface area contributed by atoms with Crippen molar-refractivity contribution in [2.24, 2.45) is 0 Å². The monoisotopic (exact) mass is 204 g/mol. The predicted octanol–water partition coefficient (Wildman–Crippen LogP) is 4.07. The zero-order chi connectivity index (χ0) is 11.1. The Hall–Kier alpha value is -1.29. The molecule has 0 aliphatic heterocycles. The number of aryl methyl sites for hydroxylation is 1. The third kappa shape index (κ3) is 4.16. The standard InChI is InChI=1S/C14H17F/c1-3-4-5-6-7-8-13-10-9-12(2)14(15)11-13/h9-11H,3-6H2,1-2H3. The second kappa shape index (κ2) is 6.24. The molecule has 0 atom stereocenters. The number of rotatable bonds is 3. The Kier molecular flexibility index (Phi) is 4.90. The minimum atomic E-state index is -0.171. The first-order valence-corrected chi connectivity index (χ1v) is 5.49. The van der Waals surface area contributed by atoms with Crippen LogP contribution >= 0.6 is 0 Å². The molecule has 0 radical (unpaired) electrons. The Morgan fingerprint density at radius 3 is 2.73 bits per heavy atom. The summed E-state index contributed by atoms with van der Waals surface area (Å²) in [4.78, 5) is 0. The first-order chi connectivity index (χ1) is 7.24. The minimum Gasteiger partial charge on any atom is -0.207 e. The molecular weight excluding hydrogens is 187 g/mol. The summed E-state index contributed by atoms with van der Waals surface area (Å²) in [6.07, 6.45) is 4.47. The van der Waals surface area contributed by atoms with Crippen LogP contribution in [0.4, 0.5) is 4.39 Å². The second-order valence-corrected chi connectivity index (χ2v) is 3.72. The van der Waals surface area contributed by atoms with Gasteiger partial charge in [-0.3, -0.25) is 0 Å². The van der Waals surface area contributed by atoms with E-state index in [0.29, 0.717) is 5.56 Å². The van der Waals surface area contributed by atoms with E-state index in [1.165, 1.54) is 18.9 Å². The fraction of sp³-hybridized carbons (Fsp3) is 0.429. The van der Waals surface area contributed by atoms with Crippen molar-refractivity contribution in [3.8, 4) is 11.8 Å². The van der Waals surface area contributed by atoms with Gasteiger partial charge in [0, 0.05) is 12.0 Å². The lowest BCUT2D eigenvalue weighted by molar-refractivity contribution is 0.618. The van der Waals surface area contributed by atoms with Crippen molar-refractivity contribution in [2.75, 3.05) is 0 Å². The molecule has 0 aliphatic rings. The molecular formula is C14H17F. The van der Waals surface area contributed by atoms with Crippen LogP contribution < -0.4 is 0 Å². The summed E-state index contributed by atoms with van der Waals surface area (Å²) in [5, 5.41) is 0. The highest BCUT2D eigenvalue weighted by Gasteiger charge is 1.95. The van der Waals surface area contributed by atoms with Gasteiger partial charge in [-0.15, -0.1) is 0 Å². The molecule has 0 bridgehead atoms. The Balaban J connectivity index is 2.53. The van der Waals surface area contributed by atoms with Crippen molar-refractivity contribution >= 4 is 0 Å². The normalized spacial score (nSPS) is 9.53. The van der Waals surface area contributed by atoms with Crippen molar-refractivity contribution < 1.29 is 4.39 Å². The summed E-state index contributed by atoms with van der Waals surface area (Å²) in [6, 6.07) is 5.14. The zero-order valence-electron chi connectivity index (χ0n) is 9.44. The van der Waals surface area contributed by atoms with Gasteiger partial charge in [-0.25, -0.2) is 4.39 Å². The van der Waals surface area contributed by atoms with E-state index in [-0.39, 0.29) is 5.82 Å². The summed E-state index contributed by atoms with van der Waals surface area (Å²) in [6.45, 7) is 3.93. The highest BCUT2D eigenvalue weighted by Crippen LogP contribution is 2.08. The molecule has 0 heterocycles. The maximum atomic E-state index is 13.1. The van der Waals surface area contributed by atoms with Crippen molar-refractivity contribution in [3.05, 3.63) is 35.1 Å². The van der Waals surface area contributed by atoms with E-state index in [0.717, 1.165) is 18.4 Å². The van der Waals surface area contributed by atoms with E-state index in [1.54, 1.807) is 13.0 Å². The molecule has 1 rings (SSSR count). The van der Waals surface area contributed by atoms with Crippen LogP contribution in [0.25, 0.3) is 0 Å². The minimum absolute atomic E-state index is 0.171. The van der Waals surface area contributed by atoms with Crippen molar-refractivity contribution in [1.82, 2.24) is 0 Å². The van der Waals surface area contributed by atoms with Gasteiger partial charge in [-0.1, -0.05) is 37.7 Å². The molecule has 0 fully saturated rings. The number of halogens is 1. The molecule has 80 valence electrons. The summed E-state index contributed by atoms with van der Waals surface area (Å²) in [5.41, 5.74) is 1.45. The summed E-state index contributed by atoms with van der Waals surface area (Å²) >= 11 is 0. The molecule has 0 saturated heterocycles. The molecule has 1 heteroatoms. The van der Waals surface area contributed by atoms with Crippen LogP contribution in [0.15, 0.2) is 18.2 Å². The summed E-state index contributed by atoms with van der Waals surface area (Å²) in [7, 11) is 0. The van der Waals surface area contributed by atoms with Gasteiger partial charge in [0.05, 0.1) is 0 Å². The third-order valence-corrected chi connectivity index (χ3v) is 2.31. The predicted molar refractivity (Wildman–Crippen MR) is 62.2 cm³/mol. The average Bonchev–Trinajstić information content (AvgIpc) is 2.23. The lowest BCUT2D eigenvalue weighted by Crippen LogP contribution is -1.83. The second-order valence-electron chi connectivity index (χ2n) is 3.72. The van der Waals surface area contributed by atoms with Gasteiger partial charge in [0.1, 0.15) is 5.82 Å². The molecule has 0 saturated carbocycles. The van der Waals surface area contributed by atoms with Crippen LogP contribution in [-0.4, -0.2) is 0 Å². The van der Waals surface area contributed by atoms with Gasteiger partial charge < -0.3 is 0 Å². The van der Waals surface area contributed by atoms with E-state index in [1.807, 2.05) is 6.07 Å². The van der Waals surface area contributed by atoms with E-state index in [2.05, 4.69) is 18.8 Å². The van der Waals surface area contributed by atoms with Crippen LogP contribution in [0, 0.1) is 24.6 Å². The number of hydrogen-bond acceptors (Lipinski definition) is 0. The molecule has 0 nitrogen and oxygen atoms in total. The van der Waals surface area contributed by atoms with Crippen LogP contribution in [0.5, 0.6) is 0 Å². The van der Waals surface area contributed by atoms with Crippen LogP contribution in [-0.2, 0) is 0 Å². The number of benzene rings is 1. The average molecular weight is 204 g/mol. The Morgan fingerprint density at radius 2 is 2.07 bits per heavy atom. The van der Waals surface area contributed by atoms with E-state index in [9.17, 15) is 4.39 Å². The third-order valence-electron chi connectivity index (χ3n) is 2.31. The van der Waals surface area contributed by atoms with Gasteiger partial charge in [0.2, 0.25) is 0 Å². The quantitative estimate of drug-likeness (QED) is 0.514. The molecule has 0 spiro atoms. The zero-order valence-corrected chi connectivity index (χ0v) is 9.44. The molecule has 0 aromatic heterocycles. The van der Waals surface area contributed by atoms with Gasteiger partial charge >= 0.3 is 0 Å². The number of hydrogen-bond donors (Lipinski definition) is 0. The lowest BCUT2D eigenvalue weighted by atomic mass is 10.1. The fourth-order valence-corrected chi connectivity index (χ4v) is 1.30. The Bertz CT molecular complexity index is 369. The van der Waals surface area contributed by atoms with Gasteiger partial charge in [-0.05, 0) is 31.0 Å². The van der Waals surface area contributed by atoms with E-state index in [4.69, 9.17) is 0 Å². The Morgan fingerprint density at radius 1 is 1.27 bits per heavy atom. The summed E-state index contributed by atoms with van der Waals surface area (Å²) in [5.74, 6) is 5.88. The number of unbranched alkanes of at least 4 members (excludes halogenated alkanes) is 3. The maximum Gasteiger partial charge on any atom is 0.127 e. The van der Waals surface area contributed by atoms with Gasteiger partial charge in [-0.2, -0.15) is 0 Å². The smallest absolute Gasteiger partial charge is 0.127 e. The van der Waals surface area contributed by atoms with Crippen LogP contribution in [0.1, 0.15) is 43.7 Å². The maximum absolute atomic E-state index is 13.1. The molecule has 0 amide bonds. The van der Waals surface area contributed by atoms with E-state index >= 15 is 0 Å². The van der Waals surface area contributed by atoms with Crippen LogP contribution in [0.3, 0.4) is 0 Å². The van der Waals surface area contributed by atoms with E-state index < -0.39 is 0 Å². The molecule has 0 aliphatic carbocycles. The first kappa shape index (κ1) is 11.8. The molecule has 1 aromatic carbocycles. The molecule has 15 heavy (non-hydrogen) atoms. The Labute approximate surface area is 91.5 Å². The largest absolute Gasteiger partial charge is 0.207 e. The van der Waals surface area contributed by atoms with Gasteiger partial charge in [0.25, 0.3) is 0 Å². The van der Waals surface area contributed by atoms with Crippen molar-refractivity contribution in [1.29, 1.82) is 0 Å². The fourth-order valence-electron chi connectivity index (χ4n) is 1.30. The SMILES string of the molecule is CCCCCC#Cc1ccc(C)c(F)c1.